The molecule has 2 rings (SSSR count). The molecular formula is C11H18N4. The normalized spacial score (nSPS) is 27.9. The lowest BCUT2D eigenvalue weighted by Crippen LogP contribution is -2.54. The van der Waals surface area contributed by atoms with Crippen molar-refractivity contribution in [2.45, 2.75) is 32.5 Å². The topological polar surface area (TPSA) is 41.0 Å². The van der Waals surface area contributed by atoms with Crippen LogP contribution in [0.25, 0.3) is 0 Å². The highest BCUT2D eigenvalue weighted by atomic mass is 15.2. The Morgan fingerprint density at radius 2 is 1.87 bits per heavy atom. The van der Waals surface area contributed by atoms with E-state index in [0.717, 1.165) is 25.5 Å². The molecule has 1 aliphatic heterocycles. The second-order valence-corrected chi connectivity index (χ2v) is 4.19. The van der Waals surface area contributed by atoms with Gasteiger partial charge in [0.15, 0.2) is 0 Å². The van der Waals surface area contributed by atoms with E-state index in [1.165, 1.54) is 0 Å². The van der Waals surface area contributed by atoms with Gasteiger partial charge in [-0.25, -0.2) is 9.97 Å². The van der Waals surface area contributed by atoms with Crippen LogP contribution in [0.2, 0.25) is 0 Å². The van der Waals surface area contributed by atoms with Crippen molar-refractivity contribution in [1.29, 1.82) is 0 Å². The molecule has 2 unspecified atom stereocenters. The van der Waals surface area contributed by atoms with Gasteiger partial charge < -0.3 is 5.32 Å². The van der Waals surface area contributed by atoms with E-state index in [9.17, 15) is 0 Å². The summed E-state index contributed by atoms with van der Waals surface area (Å²) in [7, 11) is 0. The van der Waals surface area contributed by atoms with Gasteiger partial charge in [-0.15, -0.1) is 0 Å². The molecule has 0 amide bonds. The van der Waals surface area contributed by atoms with Crippen molar-refractivity contribution in [3.05, 3.63) is 24.3 Å². The third-order valence-corrected chi connectivity index (χ3v) is 2.96. The molecule has 4 heteroatoms. The summed E-state index contributed by atoms with van der Waals surface area (Å²) >= 11 is 0. The first kappa shape index (κ1) is 10.5. The molecule has 2 heterocycles. The van der Waals surface area contributed by atoms with E-state index >= 15 is 0 Å². The maximum atomic E-state index is 4.27. The van der Waals surface area contributed by atoms with Crippen LogP contribution in [-0.2, 0) is 6.54 Å². The van der Waals surface area contributed by atoms with E-state index in [1.807, 2.05) is 6.07 Å². The predicted octanol–water partition coefficient (Wildman–Crippen LogP) is 0.659. The third-order valence-electron chi connectivity index (χ3n) is 2.96. The summed E-state index contributed by atoms with van der Waals surface area (Å²) in [6.45, 7) is 7.44. The smallest absolute Gasteiger partial charge is 0.142 e. The fourth-order valence-electron chi connectivity index (χ4n) is 2.06. The minimum Gasteiger partial charge on any atom is -0.314 e. The van der Waals surface area contributed by atoms with Gasteiger partial charge in [0.25, 0.3) is 0 Å². The van der Waals surface area contributed by atoms with Crippen LogP contribution >= 0.6 is 0 Å². The number of hydrogen-bond acceptors (Lipinski definition) is 4. The monoisotopic (exact) mass is 206 g/mol. The zero-order valence-corrected chi connectivity index (χ0v) is 9.35. The maximum absolute atomic E-state index is 4.27. The lowest BCUT2D eigenvalue weighted by Gasteiger charge is -2.38. The van der Waals surface area contributed by atoms with E-state index in [2.05, 4.69) is 34.0 Å². The fourth-order valence-corrected chi connectivity index (χ4v) is 2.06. The van der Waals surface area contributed by atoms with Crippen LogP contribution in [0, 0.1) is 0 Å². The summed E-state index contributed by atoms with van der Waals surface area (Å²) < 4.78 is 0. The Labute approximate surface area is 90.7 Å². The van der Waals surface area contributed by atoms with E-state index in [-0.39, 0.29) is 0 Å². The molecule has 0 radical (unpaired) electrons. The van der Waals surface area contributed by atoms with Gasteiger partial charge in [-0.1, -0.05) is 0 Å². The number of piperazine rings is 1. The molecule has 1 aliphatic rings. The molecule has 0 aromatic carbocycles. The quantitative estimate of drug-likeness (QED) is 0.771. The minimum atomic E-state index is 0.553. The Hall–Kier alpha value is -1.00. The lowest BCUT2D eigenvalue weighted by molar-refractivity contribution is 0.105. The van der Waals surface area contributed by atoms with Crippen LogP contribution in [0.15, 0.2) is 18.5 Å². The van der Waals surface area contributed by atoms with Crippen molar-refractivity contribution >= 4 is 0 Å². The highest BCUT2D eigenvalue weighted by molar-refractivity contribution is 4.92. The first-order valence-electron chi connectivity index (χ1n) is 5.49. The van der Waals surface area contributed by atoms with Crippen LogP contribution < -0.4 is 5.32 Å². The van der Waals surface area contributed by atoms with Gasteiger partial charge >= 0.3 is 0 Å². The number of nitrogens with zero attached hydrogens (tertiary/aromatic N) is 3. The highest BCUT2D eigenvalue weighted by Gasteiger charge is 2.24. The van der Waals surface area contributed by atoms with Gasteiger partial charge in [-0.05, 0) is 19.9 Å². The largest absolute Gasteiger partial charge is 0.314 e. The molecule has 1 aromatic rings. The SMILES string of the molecule is CC1CNCC(C)N1Cc1ncccn1. The maximum Gasteiger partial charge on any atom is 0.142 e. The van der Waals surface area contributed by atoms with Crippen molar-refractivity contribution in [2.75, 3.05) is 13.1 Å². The molecule has 0 saturated carbocycles. The molecule has 0 bridgehead atoms. The average molecular weight is 206 g/mol. The molecule has 1 saturated heterocycles. The second-order valence-electron chi connectivity index (χ2n) is 4.19. The summed E-state index contributed by atoms with van der Waals surface area (Å²) in [6, 6.07) is 2.96. The molecular weight excluding hydrogens is 188 g/mol. The standard InChI is InChI=1S/C11H18N4/c1-9-6-12-7-10(2)15(9)8-11-13-4-3-5-14-11/h3-5,9-10,12H,6-8H2,1-2H3. The predicted molar refractivity (Wildman–Crippen MR) is 59.4 cm³/mol. The zero-order chi connectivity index (χ0) is 10.7. The van der Waals surface area contributed by atoms with Crippen LogP contribution in [0.4, 0.5) is 0 Å². The average Bonchev–Trinajstić information content (AvgIpc) is 2.25. The highest BCUT2D eigenvalue weighted by Crippen LogP contribution is 2.12. The van der Waals surface area contributed by atoms with Gasteiger partial charge in [0.1, 0.15) is 5.82 Å². The Kier molecular flexibility index (Phi) is 3.28. The van der Waals surface area contributed by atoms with E-state index < -0.39 is 0 Å². The van der Waals surface area contributed by atoms with Crippen molar-refractivity contribution in [1.82, 2.24) is 20.2 Å². The van der Waals surface area contributed by atoms with Crippen LogP contribution in [0.3, 0.4) is 0 Å². The first-order valence-corrected chi connectivity index (χ1v) is 5.49. The number of nitrogens with one attached hydrogen (secondary N) is 1. The molecule has 82 valence electrons. The molecule has 2 atom stereocenters. The molecule has 1 N–H and O–H groups in total. The number of hydrogen-bond donors (Lipinski definition) is 1. The molecule has 4 nitrogen and oxygen atoms in total. The van der Waals surface area contributed by atoms with E-state index in [4.69, 9.17) is 0 Å². The Morgan fingerprint density at radius 3 is 2.47 bits per heavy atom. The summed E-state index contributed by atoms with van der Waals surface area (Å²) in [5.74, 6) is 0.915. The summed E-state index contributed by atoms with van der Waals surface area (Å²) in [4.78, 5) is 11.0. The van der Waals surface area contributed by atoms with Gasteiger partial charge in [-0.3, -0.25) is 4.90 Å². The van der Waals surface area contributed by atoms with Gasteiger partial charge in [0.05, 0.1) is 6.54 Å². The van der Waals surface area contributed by atoms with Crippen molar-refractivity contribution in [3.63, 3.8) is 0 Å². The molecule has 1 fully saturated rings. The lowest BCUT2D eigenvalue weighted by atomic mass is 10.1. The van der Waals surface area contributed by atoms with Crippen LogP contribution in [0.5, 0.6) is 0 Å². The summed E-state index contributed by atoms with van der Waals surface area (Å²) in [5.41, 5.74) is 0. The van der Waals surface area contributed by atoms with Crippen molar-refractivity contribution in [3.8, 4) is 0 Å². The molecule has 0 spiro atoms. The second kappa shape index (κ2) is 4.68. The first-order chi connectivity index (χ1) is 7.27. The summed E-state index contributed by atoms with van der Waals surface area (Å²) in [5, 5.41) is 3.42. The molecule has 1 aromatic heterocycles. The van der Waals surface area contributed by atoms with Gasteiger partial charge in [0, 0.05) is 37.6 Å². The minimum absolute atomic E-state index is 0.553. The fraction of sp³-hybridized carbons (Fsp3) is 0.636. The number of rotatable bonds is 2. The van der Waals surface area contributed by atoms with E-state index in [0.29, 0.717) is 12.1 Å². The number of aromatic nitrogens is 2. The van der Waals surface area contributed by atoms with Crippen LogP contribution in [-0.4, -0.2) is 40.0 Å². The van der Waals surface area contributed by atoms with Gasteiger partial charge in [-0.2, -0.15) is 0 Å². The Morgan fingerprint density at radius 1 is 1.27 bits per heavy atom. The summed E-state index contributed by atoms with van der Waals surface area (Å²) in [6.07, 6.45) is 3.61. The third kappa shape index (κ3) is 2.52. The Bertz CT molecular complexity index is 291. The zero-order valence-electron chi connectivity index (χ0n) is 9.35. The van der Waals surface area contributed by atoms with E-state index in [1.54, 1.807) is 12.4 Å². The van der Waals surface area contributed by atoms with Crippen molar-refractivity contribution in [2.24, 2.45) is 0 Å². The Balaban J connectivity index is 2.03. The van der Waals surface area contributed by atoms with Crippen LogP contribution in [0.1, 0.15) is 19.7 Å². The molecule has 0 aliphatic carbocycles. The molecule has 15 heavy (non-hydrogen) atoms. The van der Waals surface area contributed by atoms with Gasteiger partial charge in [0.2, 0.25) is 0 Å². The van der Waals surface area contributed by atoms with Crippen molar-refractivity contribution < 1.29 is 0 Å².